The standard InChI is InChI=1S/C18H21NO2S/c1-14-12-15(2)18(16(3)13-14)22(20,21)19-11-7-10-17-8-5-4-6-9-17/h4-6,8-9,11-13H,7,10H2,1-3H3/b19-11-. The van der Waals surface area contributed by atoms with Gasteiger partial charge in [-0.1, -0.05) is 48.0 Å². The molecule has 0 heterocycles. The second-order valence-corrected chi connectivity index (χ2v) is 7.08. The highest BCUT2D eigenvalue weighted by Crippen LogP contribution is 2.23. The second-order valence-electron chi connectivity index (χ2n) is 5.52. The quantitative estimate of drug-likeness (QED) is 0.783. The Kier molecular flexibility index (Phi) is 5.14. The Bertz CT molecular complexity index is 755. The van der Waals surface area contributed by atoms with Crippen LogP contribution in [-0.4, -0.2) is 14.6 Å². The summed E-state index contributed by atoms with van der Waals surface area (Å²) in [6.45, 7) is 5.58. The maximum absolute atomic E-state index is 12.4. The van der Waals surface area contributed by atoms with Gasteiger partial charge in [0, 0.05) is 6.21 Å². The largest absolute Gasteiger partial charge is 0.282 e. The summed E-state index contributed by atoms with van der Waals surface area (Å²) in [6, 6.07) is 13.7. The molecule has 0 radical (unpaired) electrons. The van der Waals surface area contributed by atoms with Gasteiger partial charge in [0.1, 0.15) is 0 Å². The fourth-order valence-corrected chi connectivity index (χ4v) is 3.99. The molecule has 0 aliphatic heterocycles. The molecule has 0 aromatic heterocycles. The highest BCUT2D eigenvalue weighted by Gasteiger charge is 2.18. The third-order valence-electron chi connectivity index (χ3n) is 3.48. The first-order valence-corrected chi connectivity index (χ1v) is 8.75. The van der Waals surface area contributed by atoms with Crippen LogP contribution in [0.3, 0.4) is 0 Å². The van der Waals surface area contributed by atoms with E-state index >= 15 is 0 Å². The van der Waals surface area contributed by atoms with Gasteiger partial charge in [-0.2, -0.15) is 12.8 Å². The van der Waals surface area contributed by atoms with E-state index in [9.17, 15) is 8.42 Å². The summed E-state index contributed by atoms with van der Waals surface area (Å²) >= 11 is 0. The van der Waals surface area contributed by atoms with Gasteiger partial charge in [-0.05, 0) is 50.3 Å². The molecular formula is C18H21NO2S. The van der Waals surface area contributed by atoms with Crippen LogP contribution >= 0.6 is 0 Å². The second kappa shape index (κ2) is 6.88. The average molecular weight is 315 g/mol. The van der Waals surface area contributed by atoms with E-state index in [4.69, 9.17) is 0 Å². The number of nitrogens with zero attached hydrogens (tertiary/aromatic N) is 1. The molecule has 2 aromatic rings. The van der Waals surface area contributed by atoms with Crippen molar-refractivity contribution in [2.75, 3.05) is 0 Å². The minimum absolute atomic E-state index is 0.328. The molecule has 0 amide bonds. The lowest BCUT2D eigenvalue weighted by atomic mass is 10.1. The van der Waals surface area contributed by atoms with E-state index in [2.05, 4.69) is 4.40 Å². The summed E-state index contributed by atoms with van der Waals surface area (Å²) in [5.74, 6) is 0. The SMILES string of the molecule is Cc1cc(C)c(S(=O)(=O)/N=C\CCc2ccccc2)c(C)c1. The van der Waals surface area contributed by atoms with Crippen molar-refractivity contribution in [1.82, 2.24) is 0 Å². The van der Waals surface area contributed by atoms with E-state index in [1.54, 1.807) is 0 Å². The van der Waals surface area contributed by atoms with Crippen LogP contribution < -0.4 is 0 Å². The molecule has 2 rings (SSSR count). The van der Waals surface area contributed by atoms with Gasteiger partial charge in [0.25, 0.3) is 10.0 Å². The van der Waals surface area contributed by atoms with Crippen molar-refractivity contribution in [3.8, 4) is 0 Å². The molecule has 0 bridgehead atoms. The van der Waals surface area contributed by atoms with Crippen molar-refractivity contribution in [1.29, 1.82) is 0 Å². The van der Waals surface area contributed by atoms with Crippen molar-refractivity contribution in [3.05, 3.63) is 64.7 Å². The zero-order valence-electron chi connectivity index (χ0n) is 13.2. The number of benzene rings is 2. The fraction of sp³-hybridized carbons (Fsp3) is 0.278. The third kappa shape index (κ3) is 4.04. The van der Waals surface area contributed by atoms with Crippen molar-refractivity contribution in [2.24, 2.45) is 4.40 Å². The lowest BCUT2D eigenvalue weighted by Gasteiger charge is -2.08. The molecule has 22 heavy (non-hydrogen) atoms. The molecule has 0 saturated carbocycles. The van der Waals surface area contributed by atoms with Crippen LogP contribution in [0.1, 0.15) is 28.7 Å². The Balaban J connectivity index is 2.13. The monoisotopic (exact) mass is 315 g/mol. The Labute approximate surface area is 132 Å². The van der Waals surface area contributed by atoms with Crippen LogP contribution in [0.5, 0.6) is 0 Å². The summed E-state index contributed by atoms with van der Waals surface area (Å²) in [7, 11) is -3.62. The molecule has 0 N–H and O–H groups in total. The topological polar surface area (TPSA) is 46.5 Å². The highest BCUT2D eigenvalue weighted by atomic mass is 32.2. The Morgan fingerprint density at radius 1 is 1.00 bits per heavy atom. The fourth-order valence-electron chi connectivity index (χ4n) is 2.65. The van der Waals surface area contributed by atoms with E-state index < -0.39 is 10.0 Å². The smallest absolute Gasteiger partial charge is 0.199 e. The normalized spacial score (nSPS) is 12.0. The van der Waals surface area contributed by atoms with Crippen molar-refractivity contribution in [2.45, 2.75) is 38.5 Å². The first-order chi connectivity index (χ1) is 10.4. The van der Waals surface area contributed by atoms with E-state index in [1.165, 1.54) is 11.8 Å². The van der Waals surface area contributed by atoms with Gasteiger partial charge in [-0.3, -0.25) is 0 Å². The molecule has 4 heteroatoms. The van der Waals surface area contributed by atoms with E-state index in [-0.39, 0.29) is 0 Å². The number of hydrogen-bond acceptors (Lipinski definition) is 2. The minimum Gasteiger partial charge on any atom is -0.199 e. The molecule has 0 fully saturated rings. The Morgan fingerprint density at radius 2 is 1.59 bits per heavy atom. The zero-order valence-corrected chi connectivity index (χ0v) is 14.0. The molecule has 0 atom stereocenters. The highest BCUT2D eigenvalue weighted by molar-refractivity contribution is 7.90. The summed E-state index contributed by atoms with van der Waals surface area (Å²) in [5.41, 5.74) is 3.73. The first kappa shape index (κ1) is 16.4. The van der Waals surface area contributed by atoms with E-state index in [0.29, 0.717) is 11.3 Å². The Hall–Kier alpha value is -1.94. The molecule has 3 nitrogen and oxygen atoms in total. The molecule has 116 valence electrons. The zero-order chi connectivity index (χ0) is 16.2. The van der Waals surface area contributed by atoms with Crippen LogP contribution in [0.15, 0.2) is 51.8 Å². The van der Waals surface area contributed by atoms with E-state index in [0.717, 1.165) is 23.1 Å². The third-order valence-corrected chi connectivity index (χ3v) is 5.07. The van der Waals surface area contributed by atoms with Crippen molar-refractivity contribution >= 4 is 16.2 Å². The molecule has 0 aliphatic carbocycles. The lowest BCUT2D eigenvalue weighted by molar-refractivity contribution is 0.597. The number of hydrogen-bond donors (Lipinski definition) is 0. The lowest BCUT2D eigenvalue weighted by Crippen LogP contribution is -2.04. The van der Waals surface area contributed by atoms with E-state index in [1.807, 2.05) is 63.2 Å². The first-order valence-electron chi connectivity index (χ1n) is 7.31. The van der Waals surface area contributed by atoms with Crippen molar-refractivity contribution in [3.63, 3.8) is 0 Å². The molecule has 0 saturated heterocycles. The van der Waals surface area contributed by atoms with Gasteiger partial charge >= 0.3 is 0 Å². The number of sulfonamides is 1. The van der Waals surface area contributed by atoms with Crippen LogP contribution in [0.25, 0.3) is 0 Å². The summed E-state index contributed by atoms with van der Waals surface area (Å²) in [4.78, 5) is 0.328. The molecular weight excluding hydrogens is 294 g/mol. The Morgan fingerprint density at radius 3 is 2.18 bits per heavy atom. The predicted octanol–water partition coefficient (Wildman–Crippen LogP) is 4.00. The van der Waals surface area contributed by atoms with Gasteiger partial charge in [0.05, 0.1) is 4.90 Å². The summed E-state index contributed by atoms with van der Waals surface area (Å²) in [6.07, 6.45) is 2.89. The van der Waals surface area contributed by atoms with Gasteiger partial charge in [0.2, 0.25) is 0 Å². The summed E-state index contributed by atoms with van der Waals surface area (Å²) < 4.78 is 28.6. The van der Waals surface area contributed by atoms with Gasteiger partial charge in [-0.25, -0.2) is 0 Å². The molecule has 0 aliphatic rings. The van der Waals surface area contributed by atoms with Crippen molar-refractivity contribution < 1.29 is 8.42 Å². The molecule has 0 spiro atoms. The molecule has 2 aromatic carbocycles. The number of aryl methyl sites for hydroxylation is 4. The average Bonchev–Trinajstić information content (AvgIpc) is 2.43. The summed E-state index contributed by atoms with van der Waals surface area (Å²) in [5, 5.41) is 0. The minimum atomic E-state index is -3.62. The van der Waals surface area contributed by atoms with Crippen LogP contribution in [0.2, 0.25) is 0 Å². The molecule has 0 unspecified atom stereocenters. The van der Waals surface area contributed by atoms with Gasteiger partial charge in [0.15, 0.2) is 0 Å². The van der Waals surface area contributed by atoms with Crippen LogP contribution in [0, 0.1) is 20.8 Å². The maximum Gasteiger partial charge on any atom is 0.282 e. The van der Waals surface area contributed by atoms with Crippen LogP contribution in [-0.2, 0) is 16.4 Å². The van der Waals surface area contributed by atoms with Gasteiger partial charge in [-0.15, -0.1) is 0 Å². The van der Waals surface area contributed by atoms with Gasteiger partial charge < -0.3 is 0 Å². The van der Waals surface area contributed by atoms with Crippen LogP contribution in [0.4, 0.5) is 0 Å². The maximum atomic E-state index is 12.4. The number of rotatable bonds is 5. The predicted molar refractivity (Wildman–Crippen MR) is 91.1 cm³/mol.